The number of anilines is 1. The van der Waals surface area contributed by atoms with E-state index in [0.717, 1.165) is 16.0 Å². The van der Waals surface area contributed by atoms with E-state index in [9.17, 15) is 14.9 Å². The third-order valence-electron chi connectivity index (χ3n) is 3.95. The molecule has 3 rings (SSSR count). The number of benzene rings is 3. The van der Waals surface area contributed by atoms with Crippen LogP contribution in [0, 0.1) is 17.0 Å². The average molecular weight is 378 g/mol. The highest BCUT2D eigenvalue weighted by atomic mass is 32.2. The second-order valence-corrected chi connectivity index (χ2v) is 7.17. The van der Waals surface area contributed by atoms with Crippen molar-refractivity contribution in [2.75, 3.05) is 5.32 Å². The fourth-order valence-corrected chi connectivity index (χ4v) is 3.68. The first-order chi connectivity index (χ1) is 13.0. The standard InChI is InChI=1S/C21H18N2O3S/c1-15-12-13-18(19(14-15)23(25)26)22-21(24)20(16-8-4-2-5-9-16)27-17-10-6-3-7-11-17/h2-14,20H,1H3,(H,22,24)/t20-/m0/s1. The molecule has 0 radical (unpaired) electrons. The summed E-state index contributed by atoms with van der Waals surface area (Å²) in [6.07, 6.45) is 0. The summed E-state index contributed by atoms with van der Waals surface area (Å²) in [7, 11) is 0. The first kappa shape index (κ1) is 18.7. The molecule has 0 aromatic heterocycles. The highest BCUT2D eigenvalue weighted by Gasteiger charge is 2.24. The Morgan fingerprint density at radius 3 is 2.26 bits per heavy atom. The Morgan fingerprint density at radius 1 is 1.00 bits per heavy atom. The minimum Gasteiger partial charge on any atom is -0.319 e. The van der Waals surface area contributed by atoms with Crippen molar-refractivity contribution in [1.82, 2.24) is 0 Å². The molecule has 0 fully saturated rings. The number of amides is 1. The van der Waals surface area contributed by atoms with Gasteiger partial charge in [-0.3, -0.25) is 14.9 Å². The van der Waals surface area contributed by atoms with Crippen LogP contribution >= 0.6 is 11.8 Å². The van der Waals surface area contributed by atoms with Gasteiger partial charge in [0.25, 0.3) is 5.69 Å². The van der Waals surface area contributed by atoms with Gasteiger partial charge in [0, 0.05) is 11.0 Å². The van der Waals surface area contributed by atoms with Gasteiger partial charge in [-0.15, -0.1) is 11.8 Å². The van der Waals surface area contributed by atoms with Crippen LogP contribution in [0.5, 0.6) is 0 Å². The van der Waals surface area contributed by atoms with E-state index in [0.29, 0.717) is 0 Å². The summed E-state index contributed by atoms with van der Waals surface area (Å²) >= 11 is 1.40. The first-order valence-corrected chi connectivity index (χ1v) is 9.25. The molecule has 1 atom stereocenters. The third-order valence-corrected chi connectivity index (χ3v) is 5.21. The first-order valence-electron chi connectivity index (χ1n) is 8.37. The number of thioether (sulfide) groups is 1. The molecule has 0 spiro atoms. The van der Waals surface area contributed by atoms with Crippen LogP contribution in [0.2, 0.25) is 0 Å². The van der Waals surface area contributed by atoms with E-state index < -0.39 is 10.2 Å². The lowest BCUT2D eigenvalue weighted by molar-refractivity contribution is -0.384. The summed E-state index contributed by atoms with van der Waals surface area (Å²) in [5.74, 6) is -0.304. The number of rotatable bonds is 6. The van der Waals surface area contributed by atoms with Crippen LogP contribution < -0.4 is 5.32 Å². The van der Waals surface area contributed by atoms with Crippen LogP contribution in [-0.4, -0.2) is 10.8 Å². The lowest BCUT2D eigenvalue weighted by Crippen LogP contribution is -2.19. The van der Waals surface area contributed by atoms with Crippen LogP contribution in [-0.2, 0) is 4.79 Å². The Morgan fingerprint density at radius 2 is 1.63 bits per heavy atom. The fraction of sp³-hybridized carbons (Fsp3) is 0.0952. The monoisotopic (exact) mass is 378 g/mol. The Bertz CT molecular complexity index is 946. The molecule has 136 valence electrons. The molecular weight excluding hydrogens is 360 g/mol. The smallest absolute Gasteiger partial charge is 0.293 e. The van der Waals surface area contributed by atoms with Crippen molar-refractivity contribution < 1.29 is 9.72 Å². The Kier molecular flexibility index (Phi) is 5.88. The van der Waals surface area contributed by atoms with Crippen molar-refractivity contribution in [2.45, 2.75) is 17.1 Å². The molecule has 3 aromatic rings. The SMILES string of the molecule is Cc1ccc(NC(=O)[C@@H](Sc2ccccc2)c2ccccc2)c([N+](=O)[O-])c1. The van der Waals surface area contributed by atoms with Gasteiger partial charge in [-0.25, -0.2) is 0 Å². The van der Waals surface area contributed by atoms with E-state index in [2.05, 4.69) is 5.32 Å². The molecule has 3 aromatic carbocycles. The number of nitrogens with one attached hydrogen (secondary N) is 1. The number of aryl methyl sites for hydroxylation is 1. The normalized spacial score (nSPS) is 11.6. The number of carbonyl (C=O) groups is 1. The summed E-state index contributed by atoms with van der Waals surface area (Å²) in [6.45, 7) is 1.77. The van der Waals surface area contributed by atoms with E-state index in [1.807, 2.05) is 60.7 Å². The predicted molar refractivity (Wildman–Crippen MR) is 108 cm³/mol. The molecular formula is C21H18N2O3S. The molecule has 1 N–H and O–H groups in total. The van der Waals surface area contributed by atoms with Crippen LogP contribution in [0.1, 0.15) is 16.4 Å². The fourth-order valence-electron chi connectivity index (χ4n) is 2.63. The number of hydrogen-bond acceptors (Lipinski definition) is 4. The van der Waals surface area contributed by atoms with E-state index in [-0.39, 0.29) is 17.3 Å². The molecule has 0 aliphatic heterocycles. The average Bonchev–Trinajstić information content (AvgIpc) is 2.68. The highest BCUT2D eigenvalue weighted by molar-refractivity contribution is 8.00. The lowest BCUT2D eigenvalue weighted by Gasteiger charge is -2.17. The zero-order valence-corrected chi connectivity index (χ0v) is 15.5. The van der Waals surface area contributed by atoms with Crippen molar-refractivity contribution in [3.05, 3.63) is 100 Å². The number of nitro benzene ring substituents is 1. The number of nitro groups is 1. The maximum atomic E-state index is 13.0. The van der Waals surface area contributed by atoms with Crippen LogP contribution in [0.15, 0.2) is 83.8 Å². The summed E-state index contributed by atoms with van der Waals surface area (Å²) in [4.78, 5) is 24.8. The van der Waals surface area contributed by atoms with Crippen LogP contribution in [0.4, 0.5) is 11.4 Å². The maximum Gasteiger partial charge on any atom is 0.293 e. The van der Waals surface area contributed by atoms with Crippen LogP contribution in [0.25, 0.3) is 0 Å². The van der Waals surface area contributed by atoms with Gasteiger partial charge in [-0.1, -0.05) is 54.6 Å². The zero-order chi connectivity index (χ0) is 19.2. The highest BCUT2D eigenvalue weighted by Crippen LogP contribution is 2.37. The quantitative estimate of drug-likeness (QED) is 0.355. The largest absolute Gasteiger partial charge is 0.319 e. The van der Waals surface area contributed by atoms with Crippen molar-refractivity contribution in [3.8, 4) is 0 Å². The van der Waals surface area contributed by atoms with Gasteiger partial charge in [0.15, 0.2) is 0 Å². The molecule has 0 heterocycles. The molecule has 27 heavy (non-hydrogen) atoms. The van der Waals surface area contributed by atoms with E-state index in [1.165, 1.54) is 17.8 Å². The predicted octanol–water partition coefficient (Wildman–Crippen LogP) is 5.38. The molecule has 6 heteroatoms. The number of nitrogens with zero attached hydrogens (tertiary/aromatic N) is 1. The van der Waals surface area contributed by atoms with Gasteiger partial charge in [-0.05, 0) is 36.2 Å². The van der Waals surface area contributed by atoms with E-state index in [1.54, 1.807) is 19.1 Å². The van der Waals surface area contributed by atoms with Crippen LogP contribution in [0.3, 0.4) is 0 Å². The Hall–Kier alpha value is -3.12. The van der Waals surface area contributed by atoms with Crippen molar-refractivity contribution in [1.29, 1.82) is 0 Å². The van der Waals surface area contributed by atoms with Gasteiger partial charge in [0.1, 0.15) is 10.9 Å². The van der Waals surface area contributed by atoms with Crippen molar-refractivity contribution >= 4 is 29.0 Å². The van der Waals surface area contributed by atoms with Gasteiger partial charge in [0.05, 0.1) is 4.92 Å². The molecule has 5 nitrogen and oxygen atoms in total. The minimum absolute atomic E-state index is 0.111. The Balaban J connectivity index is 1.91. The third kappa shape index (κ3) is 4.74. The molecule has 0 aliphatic rings. The zero-order valence-electron chi connectivity index (χ0n) is 14.7. The van der Waals surface area contributed by atoms with Gasteiger partial charge < -0.3 is 5.32 Å². The molecule has 0 unspecified atom stereocenters. The molecule has 0 saturated heterocycles. The molecule has 0 aliphatic carbocycles. The van der Waals surface area contributed by atoms with E-state index >= 15 is 0 Å². The lowest BCUT2D eigenvalue weighted by atomic mass is 10.1. The van der Waals surface area contributed by atoms with Gasteiger partial charge in [-0.2, -0.15) is 0 Å². The second kappa shape index (κ2) is 8.51. The topological polar surface area (TPSA) is 72.2 Å². The number of carbonyl (C=O) groups excluding carboxylic acids is 1. The maximum absolute atomic E-state index is 13.0. The number of hydrogen-bond donors (Lipinski definition) is 1. The summed E-state index contributed by atoms with van der Waals surface area (Å²) in [5, 5.41) is 13.5. The van der Waals surface area contributed by atoms with Crippen molar-refractivity contribution in [3.63, 3.8) is 0 Å². The molecule has 1 amide bonds. The summed E-state index contributed by atoms with van der Waals surface area (Å²) in [5.41, 5.74) is 1.68. The molecule has 0 saturated carbocycles. The van der Waals surface area contributed by atoms with E-state index in [4.69, 9.17) is 0 Å². The van der Waals surface area contributed by atoms with Gasteiger partial charge in [0.2, 0.25) is 5.91 Å². The van der Waals surface area contributed by atoms with Crippen molar-refractivity contribution in [2.24, 2.45) is 0 Å². The van der Waals surface area contributed by atoms with Gasteiger partial charge >= 0.3 is 0 Å². The summed E-state index contributed by atoms with van der Waals surface area (Å²) < 4.78 is 0. The second-order valence-electron chi connectivity index (χ2n) is 5.99. The Labute approximate surface area is 161 Å². The molecule has 0 bridgehead atoms. The minimum atomic E-state index is -0.533. The summed E-state index contributed by atoms with van der Waals surface area (Å²) in [6, 6.07) is 23.7.